The fraction of sp³-hybridized carbons (Fsp3) is 0. The summed E-state index contributed by atoms with van der Waals surface area (Å²) in [5, 5.41) is 12.4. The first-order valence-corrected chi connectivity index (χ1v) is 7.10. The van der Waals surface area contributed by atoms with E-state index in [0.717, 1.165) is 0 Å². The summed E-state index contributed by atoms with van der Waals surface area (Å²) in [4.78, 5) is 8.51. The van der Waals surface area contributed by atoms with Gasteiger partial charge in [0.1, 0.15) is 22.9 Å². The molecule has 1 aromatic heterocycles. The van der Waals surface area contributed by atoms with Gasteiger partial charge in [0.05, 0.1) is 11.3 Å². The third kappa shape index (κ3) is 3.44. The number of anilines is 2. The van der Waals surface area contributed by atoms with Gasteiger partial charge in [-0.3, -0.25) is 0 Å². The Morgan fingerprint density at radius 1 is 1.04 bits per heavy atom. The summed E-state index contributed by atoms with van der Waals surface area (Å²) in [6, 6.07) is 16.5. The highest BCUT2D eigenvalue weighted by Crippen LogP contribution is 2.24. The molecule has 0 saturated heterocycles. The SMILES string of the molecule is N#Cc1ccccc1Nc1cc(Cl)nc(-c2ccc(F)cc2)n1. The molecular weight excluding hydrogens is 315 g/mol. The van der Waals surface area contributed by atoms with Gasteiger partial charge in [0.2, 0.25) is 0 Å². The van der Waals surface area contributed by atoms with E-state index < -0.39 is 0 Å². The molecule has 0 unspecified atom stereocenters. The largest absolute Gasteiger partial charge is 0.339 e. The van der Waals surface area contributed by atoms with Crippen molar-refractivity contribution in [3.8, 4) is 17.5 Å². The molecule has 0 bridgehead atoms. The van der Waals surface area contributed by atoms with E-state index in [1.165, 1.54) is 12.1 Å². The van der Waals surface area contributed by atoms with Crippen LogP contribution in [0.25, 0.3) is 11.4 Å². The minimum absolute atomic E-state index is 0.247. The lowest BCUT2D eigenvalue weighted by molar-refractivity contribution is 0.628. The summed E-state index contributed by atoms with van der Waals surface area (Å²) in [5.74, 6) is 0.485. The fourth-order valence-corrected chi connectivity index (χ4v) is 2.22. The lowest BCUT2D eigenvalue weighted by Gasteiger charge is -2.09. The van der Waals surface area contributed by atoms with Crippen molar-refractivity contribution >= 4 is 23.1 Å². The van der Waals surface area contributed by atoms with Gasteiger partial charge in [-0.05, 0) is 36.4 Å². The lowest BCUT2D eigenvalue weighted by atomic mass is 10.2. The molecule has 23 heavy (non-hydrogen) atoms. The summed E-state index contributed by atoms with van der Waals surface area (Å²) >= 11 is 6.04. The van der Waals surface area contributed by atoms with Crippen LogP contribution in [-0.2, 0) is 0 Å². The van der Waals surface area contributed by atoms with Crippen molar-refractivity contribution in [2.45, 2.75) is 0 Å². The van der Waals surface area contributed by atoms with Crippen LogP contribution >= 0.6 is 11.6 Å². The van der Waals surface area contributed by atoms with Crippen molar-refractivity contribution in [2.24, 2.45) is 0 Å². The number of aromatic nitrogens is 2. The van der Waals surface area contributed by atoms with E-state index in [2.05, 4.69) is 21.4 Å². The highest BCUT2D eigenvalue weighted by molar-refractivity contribution is 6.29. The zero-order chi connectivity index (χ0) is 16.2. The number of nitrogens with zero attached hydrogens (tertiary/aromatic N) is 3. The molecule has 1 N–H and O–H groups in total. The molecule has 0 fully saturated rings. The minimum atomic E-state index is -0.336. The Bertz CT molecular complexity index is 888. The molecule has 0 saturated carbocycles. The highest BCUT2D eigenvalue weighted by Gasteiger charge is 2.08. The standard InChI is InChI=1S/C17H10ClFN4/c18-15-9-16(21-14-4-2-1-3-12(14)10-20)23-17(22-15)11-5-7-13(19)8-6-11/h1-9H,(H,21,22,23). The van der Waals surface area contributed by atoms with Crippen LogP contribution in [0.3, 0.4) is 0 Å². The molecule has 2 aromatic carbocycles. The maximum Gasteiger partial charge on any atom is 0.163 e. The van der Waals surface area contributed by atoms with E-state index in [1.54, 1.807) is 36.4 Å². The van der Waals surface area contributed by atoms with Gasteiger partial charge in [0, 0.05) is 11.6 Å². The quantitative estimate of drug-likeness (QED) is 0.718. The van der Waals surface area contributed by atoms with E-state index in [0.29, 0.717) is 28.5 Å². The Morgan fingerprint density at radius 3 is 2.52 bits per heavy atom. The van der Waals surface area contributed by atoms with E-state index >= 15 is 0 Å². The van der Waals surface area contributed by atoms with Crippen molar-refractivity contribution in [3.63, 3.8) is 0 Å². The molecule has 0 radical (unpaired) electrons. The number of hydrogen-bond acceptors (Lipinski definition) is 4. The predicted octanol–water partition coefficient (Wildman–Crippen LogP) is 4.55. The third-order valence-corrected chi connectivity index (χ3v) is 3.30. The van der Waals surface area contributed by atoms with Crippen LogP contribution in [0.2, 0.25) is 5.15 Å². The van der Waals surface area contributed by atoms with Gasteiger partial charge in [-0.25, -0.2) is 14.4 Å². The summed E-state index contributed by atoms with van der Waals surface area (Å²) in [7, 11) is 0. The molecule has 1 heterocycles. The van der Waals surface area contributed by atoms with Gasteiger partial charge >= 0.3 is 0 Å². The molecular formula is C17H10ClFN4. The maximum atomic E-state index is 13.0. The summed E-state index contributed by atoms with van der Waals surface area (Å²) in [5.41, 5.74) is 1.76. The zero-order valence-electron chi connectivity index (χ0n) is 11.8. The van der Waals surface area contributed by atoms with Crippen molar-refractivity contribution in [2.75, 3.05) is 5.32 Å². The molecule has 0 atom stereocenters. The maximum absolute atomic E-state index is 13.0. The summed E-state index contributed by atoms with van der Waals surface area (Å²) in [6.45, 7) is 0. The second kappa shape index (κ2) is 6.42. The smallest absolute Gasteiger partial charge is 0.163 e. The molecule has 3 rings (SSSR count). The Labute approximate surface area is 137 Å². The van der Waals surface area contributed by atoms with E-state index in [-0.39, 0.29) is 11.0 Å². The van der Waals surface area contributed by atoms with Crippen LogP contribution in [0, 0.1) is 17.1 Å². The van der Waals surface area contributed by atoms with Crippen molar-refractivity contribution in [1.82, 2.24) is 9.97 Å². The number of benzene rings is 2. The van der Waals surface area contributed by atoms with Crippen LogP contribution < -0.4 is 5.32 Å². The van der Waals surface area contributed by atoms with E-state index in [4.69, 9.17) is 16.9 Å². The molecule has 112 valence electrons. The number of rotatable bonds is 3. The monoisotopic (exact) mass is 324 g/mol. The van der Waals surface area contributed by atoms with Gasteiger partial charge in [-0.2, -0.15) is 5.26 Å². The number of hydrogen-bond donors (Lipinski definition) is 1. The van der Waals surface area contributed by atoms with Crippen LogP contribution in [0.1, 0.15) is 5.56 Å². The first-order chi connectivity index (χ1) is 11.2. The van der Waals surface area contributed by atoms with Gasteiger partial charge < -0.3 is 5.32 Å². The normalized spacial score (nSPS) is 10.1. The fourth-order valence-electron chi connectivity index (χ4n) is 2.04. The van der Waals surface area contributed by atoms with Crippen molar-refractivity contribution in [1.29, 1.82) is 5.26 Å². The number of nitrogens with one attached hydrogen (secondary N) is 1. The average Bonchev–Trinajstić information content (AvgIpc) is 2.55. The first kappa shape index (κ1) is 14.9. The first-order valence-electron chi connectivity index (χ1n) is 6.72. The van der Waals surface area contributed by atoms with Crippen LogP contribution in [0.5, 0.6) is 0 Å². The molecule has 0 aliphatic carbocycles. The van der Waals surface area contributed by atoms with Gasteiger partial charge in [0.15, 0.2) is 5.82 Å². The van der Waals surface area contributed by atoms with Crippen molar-refractivity contribution < 1.29 is 4.39 Å². The Morgan fingerprint density at radius 2 is 1.78 bits per heavy atom. The van der Waals surface area contributed by atoms with Crippen LogP contribution in [0.15, 0.2) is 54.6 Å². The Kier molecular flexibility index (Phi) is 4.18. The molecule has 0 amide bonds. The number of nitriles is 1. The number of para-hydroxylation sites is 1. The van der Waals surface area contributed by atoms with Crippen molar-refractivity contribution in [3.05, 3.63) is 71.1 Å². The van der Waals surface area contributed by atoms with Gasteiger partial charge in [-0.15, -0.1) is 0 Å². The van der Waals surface area contributed by atoms with E-state index in [9.17, 15) is 4.39 Å². The highest BCUT2D eigenvalue weighted by atomic mass is 35.5. The van der Waals surface area contributed by atoms with Gasteiger partial charge in [0.25, 0.3) is 0 Å². The van der Waals surface area contributed by atoms with Crippen LogP contribution in [-0.4, -0.2) is 9.97 Å². The molecule has 0 spiro atoms. The minimum Gasteiger partial charge on any atom is -0.339 e. The predicted molar refractivity (Wildman–Crippen MR) is 86.9 cm³/mol. The average molecular weight is 325 g/mol. The second-order valence-corrected chi connectivity index (χ2v) is 5.08. The molecule has 0 aliphatic rings. The second-order valence-electron chi connectivity index (χ2n) is 4.69. The topological polar surface area (TPSA) is 61.6 Å². The Balaban J connectivity index is 1.98. The summed E-state index contributed by atoms with van der Waals surface area (Å²) < 4.78 is 13.0. The number of halogens is 2. The molecule has 4 nitrogen and oxygen atoms in total. The van der Waals surface area contributed by atoms with Gasteiger partial charge in [-0.1, -0.05) is 23.7 Å². The molecule has 3 aromatic rings. The lowest BCUT2D eigenvalue weighted by Crippen LogP contribution is -1.99. The summed E-state index contributed by atoms with van der Waals surface area (Å²) in [6.07, 6.45) is 0. The Hall–Kier alpha value is -2.97. The van der Waals surface area contributed by atoms with E-state index in [1.807, 2.05) is 6.07 Å². The zero-order valence-corrected chi connectivity index (χ0v) is 12.5. The van der Waals surface area contributed by atoms with Crippen LogP contribution in [0.4, 0.5) is 15.9 Å². The third-order valence-electron chi connectivity index (χ3n) is 3.11. The molecule has 6 heteroatoms. The molecule has 0 aliphatic heterocycles.